The van der Waals surface area contributed by atoms with Gasteiger partial charge in [-0.3, -0.25) is 4.79 Å². The highest BCUT2D eigenvalue weighted by Gasteiger charge is 2.16. The van der Waals surface area contributed by atoms with Crippen LogP contribution in [0.2, 0.25) is 10.0 Å². The Morgan fingerprint density at radius 1 is 1.04 bits per heavy atom. The molecule has 2 aromatic rings. The molecule has 0 atom stereocenters. The highest BCUT2D eigenvalue weighted by Crippen LogP contribution is 2.27. The standard InChI is InChI=1S/C18H20Cl2N2O2/c1-4-22(14-7-10-16(19)17(20)11-14)12-18(23)21(2)13-5-8-15(24-3)9-6-13/h5-11H,4,12H2,1-3H3. The van der Waals surface area contributed by atoms with Crippen molar-refractivity contribution >= 4 is 40.5 Å². The predicted molar refractivity (Wildman–Crippen MR) is 101 cm³/mol. The van der Waals surface area contributed by atoms with Crippen molar-refractivity contribution in [1.82, 2.24) is 0 Å². The third-order valence-corrected chi connectivity index (χ3v) is 4.55. The molecule has 1 amide bonds. The molecule has 2 aromatic carbocycles. The van der Waals surface area contributed by atoms with Crippen LogP contribution < -0.4 is 14.5 Å². The Hall–Kier alpha value is -1.91. The van der Waals surface area contributed by atoms with Gasteiger partial charge in [-0.2, -0.15) is 0 Å². The quantitative estimate of drug-likeness (QED) is 0.754. The zero-order valence-electron chi connectivity index (χ0n) is 13.9. The Kier molecular flexibility index (Phi) is 6.35. The summed E-state index contributed by atoms with van der Waals surface area (Å²) >= 11 is 12.0. The number of likely N-dealkylation sites (N-methyl/N-ethyl adjacent to an activating group) is 2. The van der Waals surface area contributed by atoms with Crippen molar-refractivity contribution in [2.45, 2.75) is 6.92 Å². The third-order valence-electron chi connectivity index (χ3n) is 3.81. The van der Waals surface area contributed by atoms with Crippen molar-refractivity contribution in [1.29, 1.82) is 0 Å². The molecule has 0 unspecified atom stereocenters. The molecule has 0 bridgehead atoms. The number of amides is 1. The van der Waals surface area contributed by atoms with Gasteiger partial charge in [0.15, 0.2) is 0 Å². The largest absolute Gasteiger partial charge is 0.497 e. The SMILES string of the molecule is CCN(CC(=O)N(C)c1ccc(OC)cc1)c1ccc(Cl)c(Cl)c1. The van der Waals surface area contributed by atoms with Gasteiger partial charge in [0.05, 0.1) is 23.7 Å². The second-order valence-corrected chi connectivity index (χ2v) is 6.08. The lowest BCUT2D eigenvalue weighted by Gasteiger charge is -2.26. The van der Waals surface area contributed by atoms with Crippen LogP contribution in [0.25, 0.3) is 0 Å². The molecular formula is C18H20Cl2N2O2. The first kappa shape index (κ1) is 18.4. The number of anilines is 2. The van der Waals surface area contributed by atoms with Gasteiger partial charge in [-0.15, -0.1) is 0 Å². The number of hydrogen-bond acceptors (Lipinski definition) is 3. The number of hydrogen-bond donors (Lipinski definition) is 0. The lowest BCUT2D eigenvalue weighted by molar-refractivity contribution is -0.117. The van der Waals surface area contributed by atoms with E-state index in [4.69, 9.17) is 27.9 Å². The van der Waals surface area contributed by atoms with Gasteiger partial charge >= 0.3 is 0 Å². The summed E-state index contributed by atoms with van der Waals surface area (Å²) in [5.74, 6) is 0.735. The normalized spacial score (nSPS) is 10.4. The fourth-order valence-electron chi connectivity index (χ4n) is 2.29. The molecular weight excluding hydrogens is 347 g/mol. The summed E-state index contributed by atoms with van der Waals surface area (Å²) in [6, 6.07) is 12.7. The molecule has 128 valence electrons. The molecule has 4 nitrogen and oxygen atoms in total. The van der Waals surface area contributed by atoms with E-state index in [9.17, 15) is 4.79 Å². The Morgan fingerprint density at radius 3 is 2.21 bits per heavy atom. The molecule has 0 radical (unpaired) electrons. The molecule has 6 heteroatoms. The lowest BCUT2D eigenvalue weighted by Crippen LogP contribution is -2.38. The van der Waals surface area contributed by atoms with Crippen LogP contribution in [0, 0.1) is 0 Å². The van der Waals surface area contributed by atoms with E-state index < -0.39 is 0 Å². The smallest absolute Gasteiger partial charge is 0.246 e. The van der Waals surface area contributed by atoms with Gasteiger partial charge in [0.2, 0.25) is 5.91 Å². The summed E-state index contributed by atoms with van der Waals surface area (Å²) in [6.07, 6.45) is 0. The van der Waals surface area contributed by atoms with Crippen LogP contribution in [0.3, 0.4) is 0 Å². The Balaban J connectivity index is 2.11. The fourth-order valence-corrected chi connectivity index (χ4v) is 2.58. The summed E-state index contributed by atoms with van der Waals surface area (Å²) in [6.45, 7) is 2.92. The van der Waals surface area contributed by atoms with E-state index in [0.717, 1.165) is 17.1 Å². The number of carbonyl (C=O) groups is 1. The van der Waals surface area contributed by atoms with Gasteiger partial charge in [0.1, 0.15) is 5.75 Å². The van der Waals surface area contributed by atoms with Crippen molar-refractivity contribution in [3.63, 3.8) is 0 Å². The number of carbonyl (C=O) groups excluding carboxylic acids is 1. The van der Waals surface area contributed by atoms with E-state index in [-0.39, 0.29) is 12.5 Å². The molecule has 0 aromatic heterocycles. The zero-order valence-corrected chi connectivity index (χ0v) is 15.4. The van der Waals surface area contributed by atoms with Gasteiger partial charge in [0.25, 0.3) is 0 Å². The van der Waals surface area contributed by atoms with Crippen LogP contribution in [0.4, 0.5) is 11.4 Å². The number of nitrogens with zero attached hydrogens (tertiary/aromatic N) is 2. The molecule has 0 saturated carbocycles. The van der Waals surface area contributed by atoms with Gasteiger partial charge in [-0.05, 0) is 49.4 Å². The molecule has 24 heavy (non-hydrogen) atoms. The summed E-state index contributed by atoms with van der Waals surface area (Å²) < 4.78 is 5.14. The molecule has 0 aliphatic heterocycles. The first-order valence-electron chi connectivity index (χ1n) is 7.57. The minimum absolute atomic E-state index is 0.0203. The summed E-state index contributed by atoms with van der Waals surface area (Å²) in [5.41, 5.74) is 1.68. The summed E-state index contributed by atoms with van der Waals surface area (Å²) in [5, 5.41) is 0.974. The number of benzene rings is 2. The van der Waals surface area contributed by atoms with Crippen molar-refractivity contribution in [2.75, 3.05) is 37.0 Å². The van der Waals surface area contributed by atoms with Crippen molar-refractivity contribution in [3.05, 3.63) is 52.5 Å². The second kappa shape index (κ2) is 8.27. The Labute approximate surface area is 152 Å². The Morgan fingerprint density at radius 2 is 1.67 bits per heavy atom. The van der Waals surface area contributed by atoms with Crippen LogP contribution in [-0.2, 0) is 4.79 Å². The topological polar surface area (TPSA) is 32.8 Å². The zero-order chi connectivity index (χ0) is 17.7. The first-order valence-corrected chi connectivity index (χ1v) is 8.32. The van der Waals surface area contributed by atoms with Crippen LogP contribution >= 0.6 is 23.2 Å². The molecule has 0 N–H and O–H groups in total. The fraction of sp³-hybridized carbons (Fsp3) is 0.278. The highest BCUT2D eigenvalue weighted by molar-refractivity contribution is 6.42. The molecule has 0 heterocycles. The van der Waals surface area contributed by atoms with Crippen LogP contribution in [0.1, 0.15) is 6.92 Å². The van der Waals surface area contributed by atoms with Gasteiger partial charge in [0, 0.05) is 25.0 Å². The number of rotatable bonds is 6. The van der Waals surface area contributed by atoms with Crippen molar-refractivity contribution < 1.29 is 9.53 Å². The maximum atomic E-state index is 12.6. The molecule has 0 aliphatic rings. The molecule has 0 spiro atoms. The van der Waals surface area contributed by atoms with Crippen LogP contribution in [-0.4, -0.2) is 33.2 Å². The molecule has 0 saturated heterocycles. The van der Waals surface area contributed by atoms with Gasteiger partial charge in [-0.25, -0.2) is 0 Å². The maximum absolute atomic E-state index is 12.6. The van der Waals surface area contributed by atoms with Crippen molar-refractivity contribution in [3.8, 4) is 5.75 Å². The number of halogens is 2. The minimum Gasteiger partial charge on any atom is -0.497 e. The second-order valence-electron chi connectivity index (χ2n) is 5.26. The van der Waals surface area contributed by atoms with E-state index in [2.05, 4.69) is 0 Å². The monoisotopic (exact) mass is 366 g/mol. The summed E-state index contributed by atoms with van der Waals surface area (Å²) in [7, 11) is 3.37. The molecule has 0 aliphatic carbocycles. The average molecular weight is 367 g/mol. The van der Waals surface area contributed by atoms with E-state index in [1.807, 2.05) is 42.2 Å². The first-order chi connectivity index (χ1) is 11.5. The molecule has 2 rings (SSSR count). The summed E-state index contributed by atoms with van der Waals surface area (Å²) in [4.78, 5) is 16.2. The number of methoxy groups -OCH3 is 1. The van der Waals surface area contributed by atoms with E-state index in [1.165, 1.54) is 0 Å². The highest BCUT2D eigenvalue weighted by atomic mass is 35.5. The van der Waals surface area contributed by atoms with Crippen LogP contribution in [0.15, 0.2) is 42.5 Å². The predicted octanol–water partition coefficient (Wildman–Crippen LogP) is 4.49. The maximum Gasteiger partial charge on any atom is 0.246 e. The molecule has 0 fully saturated rings. The minimum atomic E-state index is -0.0203. The number of ether oxygens (including phenoxy) is 1. The van der Waals surface area contributed by atoms with Gasteiger partial charge < -0.3 is 14.5 Å². The van der Waals surface area contributed by atoms with Gasteiger partial charge in [-0.1, -0.05) is 23.2 Å². The van der Waals surface area contributed by atoms with E-state index in [0.29, 0.717) is 16.6 Å². The van der Waals surface area contributed by atoms with Crippen LogP contribution in [0.5, 0.6) is 5.75 Å². The Bertz CT molecular complexity index is 705. The van der Waals surface area contributed by atoms with Crippen molar-refractivity contribution in [2.24, 2.45) is 0 Å². The van der Waals surface area contributed by atoms with E-state index in [1.54, 1.807) is 31.2 Å². The van der Waals surface area contributed by atoms with E-state index >= 15 is 0 Å². The third kappa shape index (κ3) is 4.34. The lowest BCUT2D eigenvalue weighted by atomic mass is 10.2. The average Bonchev–Trinajstić information content (AvgIpc) is 2.61.